The Bertz CT molecular complexity index is 348. The lowest BCUT2D eigenvalue weighted by Crippen LogP contribution is -2.33. The van der Waals surface area contributed by atoms with Crippen LogP contribution in [0.25, 0.3) is 0 Å². The highest BCUT2D eigenvalue weighted by atomic mass is 19.3. The third kappa shape index (κ3) is 3.22. The first-order valence-corrected chi connectivity index (χ1v) is 4.22. The number of halogens is 4. The van der Waals surface area contributed by atoms with Crippen molar-refractivity contribution in [1.82, 2.24) is 0 Å². The van der Waals surface area contributed by atoms with Crippen LogP contribution in [0.3, 0.4) is 0 Å². The van der Waals surface area contributed by atoms with E-state index in [4.69, 9.17) is 0 Å². The minimum absolute atomic E-state index is 0.0145. The van der Waals surface area contributed by atoms with E-state index in [-0.39, 0.29) is 11.3 Å². The molecule has 1 aromatic rings. The van der Waals surface area contributed by atoms with Crippen molar-refractivity contribution in [3.63, 3.8) is 0 Å². The van der Waals surface area contributed by atoms with Gasteiger partial charge in [-0.25, -0.2) is 8.78 Å². The molecule has 1 aromatic carbocycles. The summed E-state index contributed by atoms with van der Waals surface area (Å²) in [5.41, 5.74) is 0.216. The molecule has 6 heteroatoms. The predicted molar refractivity (Wildman–Crippen MR) is 47.7 cm³/mol. The van der Waals surface area contributed by atoms with Crippen molar-refractivity contribution in [2.75, 3.05) is 6.61 Å². The Balaban J connectivity index is 2.58. The molecular formula is C10H7F4O2. The molecule has 0 atom stereocenters. The molecule has 0 aliphatic carbocycles. The number of carbonyl (C=O) groups excluding carboxylic acids is 1. The van der Waals surface area contributed by atoms with E-state index in [0.717, 1.165) is 0 Å². The summed E-state index contributed by atoms with van der Waals surface area (Å²) in [6.07, 6.45) is -2.20. The van der Waals surface area contributed by atoms with Crippen molar-refractivity contribution in [1.29, 1.82) is 0 Å². The van der Waals surface area contributed by atoms with E-state index < -0.39 is 19.0 Å². The third-order valence-electron chi connectivity index (χ3n) is 1.72. The second kappa shape index (κ2) is 4.96. The van der Waals surface area contributed by atoms with Crippen molar-refractivity contribution < 1.29 is 27.1 Å². The van der Waals surface area contributed by atoms with Crippen molar-refractivity contribution in [2.24, 2.45) is 0 Å². The monoisotopic (exact) mass is 235 g/mol. The molecule has 87 valence electrons. The molecule has 0 heterocycles. The number of hydrogen-bond acceptors (Lipinski definition) is 2. The molecule has 0 spiro atoms. The van der Waals surface area contributed by atoms with Crippen LogP contribution < -0.4 is 4.74 Å². The van der Waals surface area contributed by atoms with Gasteiger partial charge in [-0.3, -0.25) is 4.79 Å². The number of hydrogen-bond donors (Lipinski definition) is 0. The summed E-state index contributed by atoms with van der Waals surface area (Å²) in [7, 11) is 0. The van der Waals surface area contributed by atoms with Gasteiger partial charge in [0, 0.05) is 5.56 Å². The second-order valence-corrected chi connectivity index (χ2v) is 2.98. The molecule has 0 aliphatic heterocycles. The number of ether oxygens (including phenoxy) is 1. The number of rotatable bonds is 5. The average Bonchev–Trinajstić information content (AvgIpc) is 2.27. The fourth-order valence-corrected chi connectivity index (χ4v) is 0.862. The zero-order valence-corrected chi connectivity index (χ0v) is 7.92. The zero-order chi connectivity index (χ0) is 12.2. The van der Waals surface area contributed by atoms with Crippen LogP contribution in [0.15, 0.2) is 24.3 Å². The molecule has 0 saturated heterocycles. The van der Waals surface area contributed by atoms with Crippen LogP contribution >= 0.6 is 0 Å². The van der Waals surface area contributed by atoms with Crippen LogP contribution in [-0.4, -0.2) is 25.2 Å². The Morgan fingerprint density at radius 3 is 2.25 bits per heavy atom. The highest BCUT2D eigenvalue weighted by Crippen LogP contribution is 2.24. The van der Waals surface area contributed by atoms with Crippen LogP contribution in [0.2, 0.25) is 0 Å². The summed E-state index contributed by atoms with van der Waals surface area (Å²) < 4.78 is 52.9. The second-order valence-electron chi connectivity index (χ2n) is 2.98. The van der Waals surface area contributed by atoms with Crippen LogP contribution in [0, 0.1) is 0 Å². The fraction of sp³-hybridized carbons (Fsp3) is 0.300. The van der Waals surface area contributed by atoms with Crippen molar-refractivity contribution in [3.05, 3.63) is 29.8 Å². The highest BCUT2D eigenvalue weighted by molar-refractivity contribution is 5.75. The molecular weight excluding hydrogens is 228 g/mol. The maximum absolute atomic E-state index is 12.4. The van der Waals surface area contributed by atoms with Crippen molar-refractivity contribution in [3.8, 4) is 5.75 Å². The summed E-state index contributed by atoms with van der Waals surface area (Å²) >= 11 is 0. The molecule has 0 aromatic heterocycles. The molecule has 16 heavy (non-hydrogen) atoms. The summed E-state index contributed by atoms with van der Waals surface area (Å²) in [5, 5.41) is 0. The van der Waals surface area contributed by atoms with E-state index >= 15 is 0 Å². The topological polar surface area (TPSA) is 26.3 Å². The first-order valence-electron chi connectivity index (χ1n) is 4.22. The predicted octanol–water partition coefficient (Wildman–Crippen LogP) is 2.42. The maximum Gasteiger partial charge on any atom is 0.340 e. The quantitative estimate of drug-likeness (QED) is 0.732. The van der Waals surface area contributed by atoms with Crippen molar-refractivity contribution in [2.45, 2.75) is 12.3 Å². The standard InChI is InChI=1S/C10H7F4O2/c11-9(12)10(13,14)6-16-8-3-1-7(5-15)2-4-8/h1-4,9H,6H2. The molecule has 0 aliphatic rings. The largest absolute Gasteiger partial charge is 0.487 e. The molecule has 0 N–H and O–H groups in total. The molecule has 1 rings (SSSR count). The Morgan fingerprint density at radius 1 is 1.25 bits per heavy atom. The summed E-state index contributed by atoms with van der Waals surface area (Å²) in [4.78, 5) is 10.1. The van der Waals surface area contributed by atoms with Crippen LogP contribution in [0.4, 0.5) is 17.6 Å². The minimum Gasteiger partial charge on any atom is -0.487 e. The summed E-state index contributed by atoms with van der Waals surface area (Å²) in [5.74, 6) is -4.20. The maximum atomic E-state index is 12.4. The Kier molecular flexibility index (Phi) is 3.87. The summed E-state index contributed by atoms with van der Waals surface area (Å²) in [6.45, 7) is -1.41. The zero-order valence-electron chi connectivity index (χ0n) is 7.92. The van der Waals surface area contributed by atoms with Gasteiger partial charge >= 0.3 is 12.3 Å². The van der Waals surface area contributed by atoms with E-state index in [0.29, 0.717) is 0 Å². The van der Waals surface area contributed by atoms with E-state index in [1.54, 1.807) is 6.29 Å². The fourth-order valence-electron chi connectivity index (χ4n) is 0.862. The first-order chi connectivity index (χ1) is 7.45. The summed E-state index contributed by atoms with van der Waals surface area (Å²) in [6, 6.07) is 5.01. The third-order valence-corrected chi connectivity index (χ3v) is 1.72. The van der Waals surface area contributed by atoms with Gasteiger partial charge in [0.25, 0.3) is 0 Å². The van der Waals surface area contributed by atoms with Gasteiger partial charge < -0.3 is 4.74 Å². The van der Waals surface area contributed by atoms with Gasteiger partial charge in [0.2, 0.25) is 6.29 Å². The lowest BCUT2D eigenvalue weighted by atomic mass is 10.2. The van der Waals surface area contributed by atoms with Gasteiger partial charge in [-0.2, -0.15) is 8.78 Å². The van der Waals surface area contributed by atoms with Crippen molar-refractivity contribution >= 4 is 6.29 Å². The molecule has 0 amide bonds. The SMILES string of the molecule is O=[C]c1ccc(OCC(F)(F)C(F)F)cc1. The normalized spacial score (nSPS) is 11.6. The molecule has 0 fully saturated rings. The van der Waals surface area contributed by atoms with E-state index in [9.17, 15) is 22.4 Å². The highest BCUT2D eigenvalue weighted by Gasteiger charge is 2.41. The average molecular weight is 235 g/mol. The van der Waals surface area contributed by atoms with Gasteiger partial charge in [0.1, 0.15) is 5.75 Å². The Morgan fingerprint density at radius 2 is 1.81 bits per heavy atom. The van der Waals surface area contributed by atoms with Crippen LogP contribution in [0.1, 0.15) is 5.56 Å². The van der Waals surface area contributed by atoms with E-state index in [2.05, 4.69) is 4.74 Å². The Hall–Kier alpha value is -1.59. The van der Waals surface area contributed by atoms with Crippen LogP contribution in [-0.2, 0) is 4.79 Å². The van der Waals surface area contributed by atoms with Gasteiger partial charge in [-0.1, -0.05) is 0 Å². The van der Waals surface area contributed by atoms with E-state index in [1.807, 2.05) is 0 Å². The molecule has 0 saturated carbocycles. The minimum atomic E-state index is -4.19. The molecule has 2 nitrogen and oxygen atoms in total. The number of alkyl halides is 4. The lowest BCUT2D eigenvalue weighted by molar-refractivity contribution is -0.148. The van der Waals surface area contributed by atoms with Gasteiger partial charge in [0.05, 0.1) is 0 Å². The molecule has 0 bridgehead atoms. The first kappa shape index (κ1) is 12.5. The molecule has 1 radical (unpaired) electrons. The van der Waals surface area contributed by atoms with Gasteiger partial charge in [-0.05, 0) is 24.3 Å². The van der Waals surface area contributed by atoms with Gasteiger partial charge in [-0.15, -0.1) is 0 Å². The van der Waals surface area contributed by atoms with Gasteiger partial charge in [0.15, 0.2) is 6.61 Å². The van der Waals surface area contributed by atoms with E-state index in [1.165, 1.54) is 24.3 Å². The molecule has 0 unspecified atom stereocenters. The van der Waals surface area contributed by atoms with Crippen LogP contribution in [0.5, 0.6) is 5.75 Å². The number of benzene rings is 1. The smallest absolute Gasteiger partial charge is 0.340 e. The Labute approximate surface area is 88.8 Å². The lowest BCUT2D eigenvalue weighted by Gasteiger charge is -2.15.